The van der Waals surface area contributed by atoms with Gasteiger partial charge in [0.15, 0.2) is 0 Å². The van der Waals surface area contributed by atoms with Gasteiger partial charge in [0.25, 0.3) is 0 Å². The number of amides is 1. The van der Waals surface area contributed by atoms with E-state index in [4.69, 9.17) is 5.73 Å². The molecule has 23 heavy (non-hydrogen) atoms. The molecule has 2 atom stereocenters. The Kier molecular flexibility index (Phi) is 3.60. The van der Waals surface area contributed by atoms with Crippen molar-refractivity contribution >= 4 is 13.0 Å². The summed E-state index contributed by atoms with van der Waals surface area (Å²) in [5.41, 5.74) is 5.65. The highest BCUT2D eigenvalue weighted by molar-refractivity contribution is 6.46. The van der Waals surface area contributed by atoms with Crippen LogP contribution in [0.3, 0.4) is 0 Å². The minimum Gasteiger partial charge on any atom is -0.426 e. The van der Waals surface area contributed by atoms with E-state index >= 15 is 0 Å². The summed E-state index contributed by atoms with van der Waals surface area (Å²) in [4.78, 5) is 14.8. The summed E-state index contributed by atoms with van der Waals surface area (Å²) in [5, 5.41) is 19.5. The summed E-state index contributed by atoms with van der Waals surface area (Å²) in [6.45, 7) is 2.36. The van der Waals surface area contributed by atoms with Gasteiger partial charge in [-0.05, 0) is 81.5 Å². The molecule has 5 aliphatic rings. The highest BCUT2D eigenvalue weighted by atomic mass is 16.4. The number of nitrogens with zero attached hydrogens (tertiary/aromatic N) is 1. The monoisotopic (exact) mass is 320 g/mol. The molecule has 1 amide bonds. The average molecular weight is 320 g/mol. The lowest BCUT2D eigenvalue weighted by molar-refractivity contribution is -0.145. The van der Waals surface area contributed by atoms with Crippen molar-refractivity contribution in [2.45, 2.75) is 69.8 Å². The zero-order valence-corrected chi connectivity index (χ0v) is 14.1. The predicted molar refractivity (Wildman–Crippen MR) is 88.1 cm³/mol. The van der Waals surface area contributed by atoms with Gasteiger partial charge in [-0.15, -0.1) is 0 Å². The predicted octanol–water partition coefficient (Wildman–Crippen LogP) is 0.923. The van der Waals surface area contributed by atoms with Crippen molar-refractivity contribution in [1.82, 2.24) is 4.90 Å². The summed E-state index contributed by atoms with van der Waals surface area (Å²) < 4.78 is 0. The largest absolute Gasteiger partial charge is 0.478 e. The van der Waals surface area contributed by atoms with Crippen molar-refractivity contribution in [3.8, 4) is 0 Å². The second-order valence-corrected chi connectivity index (χ2v) is 9.08. The fraction of sp³-hybridized carbons (Fsp3) is 0.941. The van der Waals surface area contributed by atoms with Crippen LogP contribution in [0.4, 0.5) is 0 Å². The molecule has 5 rings (SSSR count). The van der Waals surface area contributed by atoms with Crippen molar-refractivity contribution < 1.29 is 14.8 Å². The number of likely N-dealkylation sites (tertiary alicyclic amines) is 1. The lowest BCUT2D eigenvalue weighted by Crippen LogP contribution is -2.64. The van der Waals surface area contributed by atoms with Crippen LogP contribution >= 0.6 is 0 Å². The third kappa shape index (κ3) is 2.29. The molecule has 1 heterocycles. The summed E-state index contributed by atoms with van der Waals surface area (Å²) in [5.74, 6) is 2.22. The molecule has 0 aromatic carbocycles. The Hall–Kier alpha value is -0.585. The van der Waals surface area contributed by atoms with Crippen LogP contribution in [-0.4, -0.2) is 46.0 Å². The minimum atomic E-state index is -1.50. The first-order valence-corrected chi connectivity index (χ1v) is 9.27. The molecule has 0 radical (unpaired) electrons. The molecule has 5 nitrogen and oxygen atoms in total. The Bertz CT molecular complexity index is 477. The molecule has 4 aliphatic carbocycles. The van der Waals surface area contributed by atoms with Crippen LogP contribution in [0.5, 0.6) is 0 Å². The second-order valence-electron chi connectivity index (χ2n) is 9.08. The van der Waals surface area contributed by atoms with Crippen LogP contribution in [0.2, 0.25) is 0 Å². The van der Waals surface area contributed by atoms with E-state index in [0.717, 1.165) is 43.4 Å². The van der Waals surface area contributed by atoms with Gasteiger partial charge in [0.1, 0.15) is 0 Å². The second kappa shape index (κ2) is 5.20. The zero-order valence-electron chi connectivity index (χ0n) is 14.1. The average Bonchev–Trinajstić information content (AvgIpc) is 2.87. The first kappa shape index (κ1) is 15.9. The van der Waals surface area contributed by atoms with E-state index in [2.05, 4.69) is 0 Å². The van der Waals surface area contributed by atoms with Crippen LogP contribution in [0.15, 0.2) is 0 Å². The molecule has 0 spiro atoms. The number of hydrogen-bond donors (Lipinski definition) is 3. The maximum atomic E-state index is 13.2. The molecule has 4 bridgehead atoms. The van der Waals surface area contributed by atoms with Crippen LogP contribution in [0.1, 0.15) is 58.3 Å². The Balaban J connectivity index is 1.57. The van der Waals surface area contributed by atoms with Crippen LogP contribution in [0, 0.1) is 23.2 Å². The third-order valence-electron chi connectivity index (χ3n) is 7.51. The summed E-state index contributed by atoms with van der Waals surface area (Å²) in [6, 6.07) is -0.480. The van der Waals surface area contributed by atoms with Crippen molar-refractivity contribution in [2.24, 2.45) is 28.9 Å². The van der Waals surface area contributed by atoms with E-state index in [0.29, 0.717) is 13.0 Å². The highest BCUT2D eigenvalue weighted by Gasteiger charge is 2.57. The number of rotatable bonds is 3. The number of hydrogen-bond acceptors (Lipinski definition) is 4. The maximum absolute atomic E-state index is 13.2. The SMILES string of the molecule is CC1(B(O)O)CCCN1C(=O)[C@@H](N)C12CC3CC(CC(C3)C1)C2. The first-order valence-electron chi connectivity index (χ1n) is 9.27. The van der Waals surface area contributed by atoms with Gasteiger partial charge in [-0.3, -0.25) is 4.79 Å². The molecular formula is C17H29BN2O3. The summed E-state index contributed by atoms with van der Waals surface area (Å²) in [7, 11) is -1.50. The van der Waals surface area contributed by atoms with Gasteiger partial charge < -0.3 is 20.7 Å². The van der Waals surface area contributed by atoms with Crippen LogP contribution < -0.4 is 5.73 Å². The third-order valence-corrected chi connectivity index (χ3v) is 7.51. The quantitative estimate of drug-likeness (QED) is 0.675. The first-order chi connectivity index (χ1) is 10.8. The van der Waals surface area contributed by atoms with Crippen molar-refractivity contribution in [3.63, 3.8) is 0 Å². The Morgan fingerprint density at radius 3 is 2.17 bits per heavy atom. The molecule has 0 aromatic rings. The minimum absolute atomic E-state index is 0.0320. The molecule has 6 heteroatoms. The van der Waals surface area contributed by atoms with Gasteiger partial charge in [0.05, 0.1) is 11.5 Å². The van der Waals surface area contributed by atoms with E-state index in [1.165, 1.54) is 19.3 Å². The van der Waals surface area contributed by atoms with Crippen molar-refractivity contribution in [1.29, 1.82) is 0 Å². The Morgan fingerprint density at radius 2 is 1.70 bits per heavy atom. The van der Waals surface area contributed by atoms with Gasteiger partial charge in [0.2, 0.25) is 5.91 Å². The van der Waals surface area contributed by atoms with Gasteiger partial charge >= 0.3 is 7.12 Å². The van der Waals surface area contributed by atoms with Crippen LogP contribution in [-0.2, 0) is 4.79 Å². The van der Waals surface area contributed by atoms with E-state index in [9.17, 15) is 14.8 Å². The summed E-state index contributed by atoms with van der Waals surface area (Å²) in [6.07, 6.45) is 8.72. The number of nitrogens with two attached hydrogens (primary N) is 1. The van der Waals surface area contributed by atoms with Crippen molar-refractivity contribution in [3.05, 3.63) is 0 Å². The van der Waals surface area contributed by atoms with Crippen LogP contribution in [0.25, 0.3) is 0 Å². The lowest BCUT2D eigenvalue weighted by atomic mass is 9.47. The molecule has 4 saturated carbocycles. The molecule has 4 N–H and O–H groups in total. The molecule has 1 aliphatic heterocycles. The normalized spacial score (nSPS) is 46.3. The summed E-state index contributed by atoms with van der Waals surface area (Å²) >= 11 is 0. The van der Waals surface area contributed by atoms with Gasteiger partial charge in [0, 0.05) is 6.54 Å². The van der Waals surface area contributed by atoms with Gasteiger partial charge in [-0.25, -0.2) is 0 Å². The lowest BCUT2D eigenvalue weighted by Gasteiger charge is -2.59. The van der Waals surface area contributed by atoms with Gasteiger partial charge in [-0.1, -0.05) is 0 Å². The van der Waals surface area contributed by atoms with Gasteiger partial charge in [-0.2, -0.15) is 0 Å². The fourth-order valence-corrected chi connectivity index (χ4v) is 6.60. The molecule has 1 unspecified atom stereocenters. The number of carbonyl (C=O) groups is 1. The molecule has 5 fully saturated rings. The van der Waals surface area contributed by atoms with Crippen molar-refractivity contribution in [2.75, 3.05) is 6.54 Å². The zero-order chi connectivity index (χ0) is 16.4. The Morgan fingerprint density at radius 1 is 1.17 bits per heavy atom. The molecule has 1 saturated heterocycles. The number of carbonyl (C=O) groups excluding carboxylic acids is 1. The standard InChI is InChI=1S/C17H29BN2O3/c1-16(18(22)23)3-2-4-20(16)15(21)14(19)17-8-11-5-12(9-17)7-13(6-11)10-17/h11-14,22-23H,2-10,19H2,1H3/t11?,12?,13?,14-,16?,17?/m1/s1. The van der Waals surface area contributed by atoms with E-state index in [-0.39, 0.29) is 11.3 Å². The fourth-order valence-electron chi connectivity index (χ4n) is 6.60. The molecular weight excluding hydrogens is 291 g/mol. The van der Waals surface area contributed by atoms with E-state index in [1.807, 2.05) is 0 Å². The topological polar surface area (TPSA) is 86.8 Å². The van der Waals surface area contributed by atoms with E-state index in [1.54, 1.807) is 11.8 Å². The molecule has 0 aromatic heterocycles. The highest BCUT2D eigenvalue weighted by Crippen LogP contribution is 2.61. The maximum Gasteiger partial charge on any atom is 0.478 e. The molecule has 128 valence electrons. The smallest absolute Gasteiger partial charge is 0.426 e. The van der Waals surface area contributed by atoms with E-state index < -0.39 is 18.6 Å². The Labute approximate surface area is 138 Å².